The lowest BCUT2D eigenvalue weighted by atomic mass is 9.98. The summed E-state index contributed by atoms with van der Waals surface area (Å²) in [7, 11) is 0. The first kappa shape index (κ1) is 18.5. The van der Waals surface area contributed by atoms with Crippen LogP contribution in [0.15, 0.2) is 65.6 Å². The van der Waals surface area contributed by atoms with Crippen LogP contribution < -0.4 is 11.1 Å². The van der Waals surface area contributed by atoms with Gasteiger partial charge in [0.1, 0.15) is 12.4 Å². The van der Waals surface area contributed by atoms with E-state index < -0.39 is 0 Å². The van der Waals surface area contributed by atoms with Crippen LogP contribution >= 0.6 is 0 Å². The Balaban J connectivity index is 1.92. The average Bonchev–Trinajstić information content (AvgIpc) is 3.49. The Morgan fingerprint density at radius 3 is 2.78 bits per heavy atom. The molecule has 3 rings (SSSR count). The van der Waals surface area contributed by atoms with Crippen LogP contribution in [0.1, 0.15) is 25.3 Å². The van der Waals surface area contributed by atoms with Crippen molar-refractivity contribution in [2.24, 2.45) is 16.8 Å². The van der Waals surface area contributed by atoms with Gasteiger partial charge in [-0.3, -0.25) is 4.79 Å². The van der Waals surface area contributed by atoms with Crippen LogP contribution in [-0.4, -0.2) is 17.4 Å². The Hall–Kier alpha value is -3.28. The Bertz CT molecular complexity index is 967. The highest BCUT2D eigenvalue weighted by atomic mass is 16.3. The molecule has 1 aliphatic carbocycles. The standard InChI is InChI=1S/C21H22N4O2/c1-3-14(11-24-27)8-19(13(2)22)17-7-6-16-10-20(23-12-18(16)9-17)25-21(26)15-4-5-15/h3,6-10,12,15H,1,4-5,11,22H2,2H3,(H,23,25,26)/b14-8+,19-13+. The first-order valence-corrected chi connectivity index (χ1v) is 8.81. The molecule has 0 spiro atoms. The molecule has 1 heterocycles. The Morgan fingerprint density at radius 1 is 1.37 bits per heavy atom. The monoisotopic (exact) mass is 362 g/mol. The Morgan fingerprint density at radius 2 is 2.15 bits per heavy atom. The minimum absolute atomic E-state index is 0.0355. The molecular formula is C21H22N4O2. The minimum atomic E-state index is 0.0355. The van der Waals surface area contributed by atoms with Gasteiger partial charge in [0.2, 0.25) is 5.91 Å². The minimum Gasteiger partial charge on any atom is -0.402 e. The van der Waals surface area contributed by atoms with Gasteiger partial charge in [0, 0.05) is 28.8 Å². The molecule has 0 bridgehead atoms. The number of allylic oxidation sites excluding steroid dienone is 3. The quantitative estimate of drug-likeness (QED) is 0.571. The molecule has 0 unspecified atom stereocenters. The lowest BCUT2D eigenvalue weighted by molar-refractivity contribution is -0.117. The van der Waals surface area contributed by atoms with Gasteiger partial charge in [-0.15, -0.1) is 0 Å². The first-order chi connectivity index (χ1) is 13.0. The Labute approximate surface area is 157 Å². The topological polar surface area (TPSA) is 97.4 Å². The summed E-state index contributed by atoms with van der Waals surface area (Å²) in [5, 5.41) is 7.67. The maximum atomic E-state index is 11.9. The number of nitrogens with two attached hydrogens (primary N) is 1. The zero-order chi connectivity index (χ0) is 19.4. The second-order valence-corrected chi connectivity index (χ2v) is 6.70. The molecule has 3 N–H and O–H groups in total. The highest BCUT2D eigenvalue weighted by molar-refractivity contribution is 5.96. The van der Waals surface area contributed by atoms with Crippen LogP contribution in [0.2, 0.25) is 0 Å². The number of anilines is 1. The van der Waals surface area contributed by atoms with Gasteiger partial charge >= 0.3 is 0 Å². The number of amides is 1. The first-order valence-electron chi connectivity index (χ1n) is 8.81. The van der Waals surface area contributed by atoms with Crippen LogP contribution in [0.4, 0.5) is 5.82 Å². The zero-order valence-corrected chi connectivity index (χ0v) is 15.2. The van der Waals surface area contributed by atoms with E-state index in [4.69, 9.17) is 5.73 Å². The lowest BCUT2D eigenvalue weighted by Crippen LogP contribution is -2.14. The molecule has 0 aliphatic heterocycles. The number of benzene rings is 1. The number of hydrogen-bond donors (Lipinski definition) is 2. The van der Waals surface area contributed by atoms with Crippen LogP contribution in [0.25, 0.3) is 16.3 Å². The second kappa shape index (κ2) is 7.95. The maximum Gasteiger partial charge on any atom is 0.228 e. The molecule has 1 fully saturated rings. The van der Waals surface area contributed by atoms with E-state index in [1.807, 2.05) is 30.3 Å². The van der Waals surface area contributed by atoms with Crippen LogP contribution in [-0.2, 0) is 4.79 Å². The van der Waals surface area contributed by atoms with Crippen molar-refractivity contribution in [3.8, 4) is 0 Å². The molecule has 138 valence electrons. The third-order valence-corrected chi connectivity index (χ3v) is 4.50. The van der Waals surface area contributed by atoms with Gasteiger partial charge < -0.3 is 11.1 Å². The number of nitroso groups, excluding NO2 is 1. The van der Waals surface area contributed by atoms with E-state index in [-0.39, 0.29) is 18.4 Å². The molecule has 0 radical (unpaired) electrons. The third kappa shape index (κ3) is 4.47. The summed E-state index contributed by atoms with van der Waals surface area (Å²) in [4.78, 5) is 26.8. The molecule has 2 aromatic rings. The summed E-state index contributed by atoms with van der Waals surface area (Å²) in [6.45, 7) is 5.56. The van der Waals surface area contributed by atoms with Gasteiger partial charge in [0.05, 0.1) is 0 Å². The van der Waals surface area contributed by atoms with Gasteiger partial charge in [-0.05, 0) is 54.5 Å². The predicted octanol–water partition coefficient (Wildman–Crippen LogP) is 4.15. The summed E-state index contributed by atoms with van der Waals surface area (Å²) in [6.07, 6.45) is 7.06. The molecule has 1 amide bonds. The van der Waals surface area contributed by atoms with Crippen molar-refractivity contribution in [1.29, 1.82) is 0 Å². The van der Waals surface area contributed by atoms with Gasteiger partial charge in [0.25, 0.3) is 0 Å². The Kier molecular flexibility index (Phi) is 5.45. The molecule has 6 heteroatoms. The van der Waals surface area contributed by atoms with E-state index in [2.05, 4.69) is 22.1 Å². The highest BCUT2D eigenvalue weighted by Gasteiger charge is 2.29. The van der Waals surface area contributed by atoms with E-state index in [0.717, 1.165) is 34.8 Å². The number of carbonyl (C=O) groups is 1. The third-order valence-electron chi connectivity index (χ3n) is 4.50. The van der Waals surface area contributed by atoms with E-state index in [9.17, 15) is 9.70 Å². The van der Waals surface area contributed by atoms with Crippen molar-refractivity contribution >= 4 is 28.1 Å². The average molecular weight is 362 g/mol. The van der Waals surface area contributed by atoms with E-state index >= 15 is 0 Å². The SMILES string of the molecule is C=C/C(=C\C(=C(\C)N)c1ccc2cc(NC(=O)C3CC3)ncc2c1)CN=O. The number of nitrogens with zero attached hydrogens (tertiary/aromatic N) is 2. The van der Waals surface area contributed by atoms with Gasteiger partial charge in [-0.1, -0.05) is 30.0 Å². The summed E-state index contributed by atoms with van der Waals surface area (Å²) in [6, 6.07) is 7.75. The largest absolute Gasteiger partial charge is 0.402 e. The fraction of sp³-hybridized carbons (Fsp3) is 0.238. The molecule has 1 aliphatic rings. The second-order valence-electron chi connectivity index (χ2n) is 6.70. The van der Waals surface area contributed by atoms with Crippen LogP contribution in [0.5, 0.6) is 0 Å². The molecular weight excluding hydrogens is 340 g/mol. The molecule has 1 aromatic carbocycles. The number of rotatable bonds is 7. The zero-order valence-electron chi connectivity index (χ0n) is 15.2. The fourth-order valence-corrected chi connectivity index (χ4v) is 2.81. The summed E-state index contributed by atoms with van der Waals surface area (Å²) >= 11 is 0. The molecule has 0 atom stereocenters. The van der Waals surface area contributed by atoms with E-state index in [0.29, 0.717) is 17.1 Å². The molecule has 1 aromatic heterocycles. The van der Waals surface area contributed by atoms with Crippen molar-refractivity contribution in [3.63, 3.8) is 0 Å². The number of pyridine rings is 1. The smallest absolute Gasteiger partial charge is 0.228 e. The number of fused-ring (bicyclic) bond motifs is 1. The molecule has 27 heavy (non-hydrogen) atoms. The van der Waals surface area contributed by atoms with E-state index in [1.165, 1.54) is 0 Å². The number of aromatic nitrogens is 1. The van der Waals surface area contributed by atoms with Gasteiger partial charge in [0.15, 0.2) is 0 Å². The van der Waals surface area contributed by atoms with Crippen LogP contribution in [0, 0.1) is 10.8 Å². The molecule has 6 nitrogen and oxygen atoms in total. The van der Waals surface area contributed by atoms with Crippen molar-refractivity contribution in [2.45, 2.75) is 19.8 Å². The van der Waals surface area contributed by atoms with Crippen molar-refractivity contribution < 1.29 is 4.79 Å². The van der Waals surface area contributed by atoms with Gasteiger partial charge in [-0.2, -0.15) is 4.91 Å². The predicted molar refractivity (Wildman–Crippen MR) is 109 cm³/mol. The lowest BCUT2D eigenvalue weighted by Gasteiger charge is -2.10. The molecule has 0 saturated heterocycles. The van der Waals surface area contributed by atoms with Crippen LogP contribution in [0.3, 0.4) is 0 Å². The highest BCUT2D eigenvalue weighted by Crippen LogP contribution is 2.30. The fourth-order valence-electron chi connectivity index (χ4n) is 2.81. The van der Waals surface area contributed by atoms with E-state index in [1.54, 1.807) is 19.2 Å². The van der Waals surface area contributed by atoms with Crippen molar-refractivity contribution in [2.75, 3.05) is 11.9 Å². The normalized spacial score (nSPS) is 15.2. The van der Waals surface area contributed by atoms with Crippen molar-refractivity contribution in [1.82, 2.24) is 4.98 Å². The van der Waals surface area contributed by atoms with Crippen molar-refractivity contribution in [3.05, 3.63) is 70.9 Å². The summed E-state index contributed by atoms with van der Waals surface area (Å²) in [5.41, 5.74) is 9.09. The molecule has 1 saturated carbocycles. The number of carbonyl (C=O) groups excluding carboxylic acids is 1. The maximum absolute atomic E-state index is 11.9. The number of nitrogens with one attached hydrogen (secondary N) is 1. The number of hydrogen-bond acceptors (Lipinski definition) is 5. The summed E-state index contributed by atoms with van der Waals surface area (Å²) in [5.74, 6) is 0.730. The van der Waals surface area contributed by atoms with Gasteiger partial charge in [-0.25, -0.2) is 4.98 Å². The summed E-state index contributed by atoms with van der Waals surface area (Å²) < 4.78 is 0.